The summed E-state index contributed by atoms with van der Waals surface area (Å²) in [6, 6.07) is 8.09. The summed E-state index contributed by atoms with van der Waals surface area (Å²) in [4.78, 5) is 0.901. The van der Waals surface area contributed by atoms with Crippen molar-refractivity contribution >= 4 is 50.5 Å². The highest BCUT2D eigenvalue weighted by Gasteiger charge is 2.16. The minimum absolute atomic E-state index is 0.300. The van der Waals surface area contributed by atoms with E-state index < -0.39 is 0 Å². The van der Waals surface area contributed by atoms with E-state index in [1.165, 1.54) is 23.5 Å². The molecule has 1 aromatic carbocycles. The Morgan fingerprint density at radius 1 is 1.25 bits per heavy atom. The second-order valence-corrected chi connectivity index (χ2v) is 6.21. The Kier molecular flexibility index (Phi) is 3.90. The predicted octanol–water partition coefficient (Wildman–Crippen LogP) is 5.63. The van der Waals surface area contributed by atoms with Gasteiger partial charge in [-0.2, -0.15) is 0 Å². The fourth-order valence-corrected chi connectivity index (χ4v) is 3.38. The minimum Gasteiger partial charge on any atom is -0.207 e. The Labute approximate surface area is 115 Å². The Bertz CT molecular complexity index is 512. The predicted molar refractivity (Wildman–Crippen MR) is 71.1 cm³/mol. The van der Waals surface area contributed by atoms with Gasteiger partial charge < -0.3 is 0 Å². The Hall–Kier alpha value is -0.0900. The summed E-state index contributed by atoms with van der Waals surface area (Å²) < 4.78 is 14.6. The van der Waals surface area contributed by atoms with Gasteiger partial charge in [0.25, 0.3) is 0 Å². The van der Waals surface area contributed by atoms with Crippen LogP contribution in [0.15, 0.2) is 34.8 Å². The standard InChI is InChI=1S/C11H6BrCl2FS/c12-8-2-1-6(15)5-7(8)11(14)9-3-4-10(13)16-9/h1-5,11H. The van der Waals surface area contributed by atoms with Crippen LogP contribution in [-0.4, -0.2) is 0 Å². The lowest BCUT2D eigenvalue weighted by molar-refractivity contribution is 0.625. The summed E-state index contributed by atoms with van der Waals surface area (Å²) in [5.74, 6) is -0.300. The fourth-order valence-electron chi connectivity index (χ4n) is 1.33. The lowest BCUT2D eigenvalue weighted by Crippen LogP contribution is -1.92. The monoisotopic (exact) mass is 338 g/mol. The number of hydrogen-bond donors (Lipinski definition) is 0. The van der Waals surface area contributed by atoms with Gasteiger partial charge >= 0.3 is 0 Å². The molecule has 1 atom stereocenters. The Morgan fingerprint density at radius 3 is 2.62 bits per heavy atom. The van der Waals surface area contributed by atoms with Crippen molar-refractivity contribution in [2.24, 2.45) is 0 Å². The molecule has 0 spiro atoms. The lowest BCUT2D eigenvalue weighted by atomic mass is 10.1. The van der Waals surface area contributed by atoms with Crippen molar-refractivity contribution in [3.05, 3.63) is 55.4 Å². The quantitative estimate of drug-likeness (QED) is 0.622. The van der Waals surface area contributed by atoms with Gasteiger partial charge in [0.15, 0.2) is 0 Å². The largest absolute Gasteiger partial charge is 0.207 e. The molecule has 0 aliphatic heterocycles. The van der Waals surface area contributed by atoms with Gasteiger partial charge in [0.2, 0.25) is 0 Å². The third kappa shape index (κ3) is 2.59. The number of alkyl halides is 1. The Balaban J connectivity index is 2.40. The van der Waals surface area contributed by atoms with E-state index in [0.29, 0.717) is 9.90 Å². The molecule has 0 saturated heterocycles. The fraction of sp³-hybridized carbons (Fsp3) is 0.0909. The normalized spacial score (nSPS) is 12.8. The highest BCUT2D eigenvalue weighted by molar-refractivity contribution is 9.10. The molecule has 84 valence electrons. The number of halogens is 4. The molecule has 0 fully saturated rings. The lowest BCUT2D eigenvalue weighted by Gasteiger charge is -2.09. The molecule has 2 aromatic rings. The maximum Gasteiger partial charge on any atom is 0.123 e. The third-order valence-corrected chi connectivity index (χ3v) is 4.69. The second-order valence-electron chi connectivity index (χ2n) is 3.17. The van der Waals surface area contributed by atoms with Crippen LogP contribution in [0.3, 0.4) is 0 Å². The van der Waals surface area contributed by atoms with Gasteiger partial charge in [-0.1, -0.05) is 27.5 Å². The average molecular weight is 340 g/mol. The molecule has 1 aromatic heterocycles. The van der Waals surface area contributed by atoms with Gasteiger partial charge in [0.05, 0.1) is 9.71 Å². The van der Waals surface area contributed by atoms with Gasteiger partial charge in [-0.3, -0.25) is 0 Å². The summed E-state index contributed by atoms with van der Waals surface area (Å²) in [5.41, 5.74) is 0.709. The zero-order chi connectivity index (χ0) is 11.7. The van der Waals surface area contributed by atoms with Crippen molar-refractivity contribution in [2.75, 3.05) is 0 Å². The molecule has 0 aliphatic rings. The van der Waals surface area contributed by atoms with Crippen LogP contribution in [0, 0.1) is 5.82 Å². The summed E-state index contributed by atoms with van der Waals surface area (Å²) >= 11 is 16.9. The average Bonchev–Trinajstić information content (AvgIpc) is 2.67. The molecule has 1 unspecified atom stereocenters. The van der Waals surface area contributed by atoms with Crippen LogP contribution in [0.1, 0.15) is 15.8 Å². The van der Waals surface area contributed by atoms with Crippen LogP contribution in [0.5, 0.6) is 0 Å². The molecule has 5 heteroatoms. The number of benzene rings is 1. The van der Waals surface area contributed by atoms with Crippen molar-refractivity contribution in [2.45, 2.75) is 5.38 Å². The second kappa shape index (κ2) is 5.05. The molecule has 0 radical (unpaired) electrons. The molecule has 1 heterocycles. The first kappa shape index (κ1) is 12.4. The van der Waals surface area contributed by atoms with Crippen molar-refractivity contribution in [1.82, 2.24) is 0 Å². The first-order valence-corrected chi connectivity index (χ1v) is 6.84. The van der Waals surface area contributed by atoms with E-state index in [2.05, 4.69) is 15.9 Å². The molecule has 0 amide bonds. The maximum absolute atomic E-state index is 13.1. The third-order valence-electron chi connectivity index (χ3n) is 2.07. The van der Waals surface area contributed by atoms with Crippen LogP contribution >= 0.6 is 50.5 Å². The molecule has 2 rings (SSSR count). The van der Waals surface area contributed by atoms with E-state index in [1.807, 2.05) is 6.07 Å². The van der Waals surface area contributed by atoms with Gasteiger partial charge in [0.1, 0.15) is 5.82 Å². The number of thiophene rings is 1. The van der Waals surface area contributed by atoms with E-state index in [1.54, 1.807) is 12.1 Å². The molecule has 0 N–H and O–H groups in total. The topological polar surface area (TPSA) is 0 Å². The molecular formula is C11H6BrCl2FS. The van der Waals surface area contributed by atoms with E-state index in [9.17, 15) is 4.39 Å². The number of rotatable bonds is 2. The van der Waals surface area contributed by atoms with E-state index in [0.717, 1.165) is 9.35 Å². The van der Waals surface area contributed by atoms with Gasteiger partial charge in [0, 0.05) is 9.35 Å². The maximum atomic E-state index is 13.1. The smallest absolute Gasteiger partial charge is 0.123 e. The first-order chi connectivity index (χ1) is 7.58. The summed E-state index contributed by atoms with van der Waals surface area (Å²) in [7, 11) is 0. The highest BCUT2D eigenvalue weighted by atomic mass is 79.9. The van der Waals surface area contributed by atoms with E-state index in [-0.39, 0.29) is 11.2 Å². The van der Waals surface area contributed by atoms with Gasteiger partial charge in [-0.25, -0.2) is 4.39 Å². The van der Waals surface area contributed by atoms with Crippen molar-refractivity contribution < 1.29 is 4.39 Å². The molecule has 0 nitrogen and oxygen atoms in total. The Morgan fingerprint density at radius 2 is 2.00 bits per heavy atom. The van der Waals surface area contributed by atoms with E-state index >= 15 is 0 Å². The highest BCUT2D eigenvalue weighted by Crippen LogP contribution is 2.38. The van der Waals surface area contributed by atoms with Gasteiger partial charge in [-0.15, -0.1) is 22.9 Å². The van der Waals surface area contributed by atoms with Crippen LogP contribution in [-0.2, 0) is 0 Å². The van der Waals surface area contributed by atoms with Crippen molar-refractivity contribution in [3.8, 4) is 0 Å². The SMILES string of the molecule is Fc1ccc(Br)c(C(Cl)c2ccc(Cl)s2)c1. The van der Waals surface area contributed by atoms with Crippen LogP contribution < -0.4 is 0 Å². The zero-order valence-corrected chi connectivity index (χ0v) is 11.8. The van der Waals surface area contributed by atoms with Crippen LogP contribution in [0.2, 0.25) is 4.34 Å². The minimum atomic E-state index is -0.387. The van der Waals surface area contributed by atoms with Crippen molar-refractivity contribution in [3.63, 3.8) is 0 Å². The van der Waals surface area contributed by atoms with Crippen LogP contribution in [0.25, 0.3) is 0 Å². The van der Waals surface area contributed by atoms with Gasteiger partial charge in [-0.05, 0) is 35.9 Å². The van der Waals surface area contributed by atoms with E-state index in [4.69, 9.17) is 23.2 Å². The van der Waals surface area contributed by atoms with Crippen molar-refractivity contribution in [1.29, 1.82) is 0 Å². The molecule has 0 aliphatic carbocycles. The molecule has 16 heavy (non-hydrogen) atoms. The first-order valence-electron chi connectivity index (χ1n) is 4.42. The number of hydrogen-bond acceptors (Lipinski definition) is 1. The summed E-state index contributed by atoms with van der Waals surface area (Å²) in [5, 5.41) is -0.387. The molecule has 0 bridgehead atoms. The molecular weight excluding hydrogens is 334 g/mol. The summed E-state index contributed by atoms with van der Waals surface area (Å²) in [6.45, 7) is 0. The zero-order valence-electron chi connectivity index (χ0n) is 7.88. The molecule has 0 saturated carbocycles. The van der Waals surface area contributed by atoms with Crippen LogP contribution in [0.4, 0.5) is 4.39 Å². The summed E-state index contributed by atoms with van der Waals surface area (Å²) in [6.07, 6.45) is 0.